The Morgan fingerprint density at radius 2 is 1.10 bits per heavy atom. The summed E-state index contributed by atoms with van der Waals surface area (Å²) in [5.74, 6) is 1.08. The zero-order chi connectivity index (χ0) is 33.0. The van der Waals surface area contributed by atoms with Crippen LogP contribution in [0.1, 0.15) is 35.0 Å². The lowest BCUT2D eigenvalue weighted by atomic mass is 9.68. The first kappa shape index (κ1) is 27.7. The molecule has 0 saturated carbocycles. The van der Waals surface area contributed by atoms with E-state index in [9.17, 15) is 0 Å². The Labute approximate surface area is 290 Å². The van der Waals surface area contributed by atoms with Crippen LogP contribution < -0.4 is 0 Å². The average Bonchev–Trinajstić information content (AvgIpc) is 3.82. The van der Waals surface area contributed by atoms with E-state index in [0.29, 0.717) is 0 Å². The van der Waals surface area contributed by atoms with E-state index in [1.807, 2.05) is 0 Å². The molecular weight excluding hydrogens is 605 g/mol. The number of aromatic nitrogens is 2. The number of benzene rings is 8. The number of para-hydroxylation sites is 2. The fourth-order valence-corrected chi connectivity index (χ4v) is 9.34. The number of aryl methyl sites for hydroxylation is 1. The monoisotopic (exact) mass is 636 g/mol. The van der Waals surface area contributed by atoms with E-state index >= 15 is 0 Å². The summed E-state index contributed by atoms with van der Waals surface area (Å²) in [6.07, 6.45) is 0.877. The molecule has 0 unspecified atom stereocenters. The van der Waals surface area contributed by atoms with E-state index in [1.165, 1.54) is 77.2 Å². The van der Waals surface area contributed by atoms with Crippen LogP contribution in [-0.4, -0.2) is 9.55 Å². The smallest absolute Gasteiger partial charge is 0.114 e. The van der Waals surface area contributed by atoms with Crippen molar-refractivity contribution in [3.8, 4) is 39.1 Å². The molecule has 1 heterocycles. The van der Waals surface area contributed by atoms with Crippen molar-refractivity contribution in [2.24, 2.45) is 0 Å². The molecule has 0 atom stereocenters. The number of rotatable bonds is 3. The van der Waals surface area contributed by atoms with Gasteiger partial charge in [-0.25, -0.2) is 4.98 Å². The molecular formula is C48H32N2. The standard InChI is InChI=1S/C48H32N2/c1-2-45-49-43-17-9-10-18-44(43)50(45)34-24-19-30(20-25-34)32-22-26-36-33(29-32)23-28-40-39-27-21-31-11-3-4-12-35(31)46(39)48(47(36)40)41-15-7-5-13-37(41)38-14-6-8-16-42(38)48/h3-29H,2H2,1H3. The fraction of sp³-hybridized carbons (Fsp3) is 0.0625. The van der Waals surface area contributed by atoms with Crippen LogP contribution in [0.25, 0.3) is 71.6 Å². The summed E-state index contributed by atoms with van der Waals surface area (Å²) in [5, 5.41) is 5.18. The number of imidazole rings is 1. The summed E-state index contributed by atoms with van der Waals surface area (Å²) in [7, 11) is 0. The average molecular weight is 637 g/mol. The maximum absolute atomic E-state index is 4.90. The molecule has 0 N–H and O–H groups in total. The third-order valence-electron chi connectivity index (χ3n) is 11.3. The number of nitrogens with zero attached hydrogens (tertiary/aromatic N) is 2. The summed E-state index contributed by atoms with van der Waals surface area (Å²) in [4.78, 5) is 4.90. The molecule has 9 aromatic rings. The van der Waals surface area contributed by atoms with Crippen molar-refractivity contribution in [2.75, 3.05) is 0 Å². The zero-order valence-corrected chi connectivity index (χ0v) is 27.7. The molecule has 0 radical (unpaired) electrons. The molecule has 1 aromatic heterocycles. The fourth-order valence-electron chi connectivity index (χ4n) is 9.34. The molecule has 11 rings (SSSR count). The molecule has 2 aliphatic carbocycles. The van der Waals surface area contributed by atoms with E-state index in [2.05, 4.69) is 175 Å². The van der Waals surface area contributed by atoms with Gasteiger partial charge in [0.2, 0.25) is 0 Å². The van der Waals surface area contributed by atoms with Crippen molar-refractivity contribution in [1.29, 1.82) is 0 Å². The van der Waals surface area contributed by atoms with Crippen LogP contribution in [0.2, 0.25) is 0 Å². The van der Waals surface area contributed by atoms with E-state index in [-0.39, 0.29) is 0 Å². The lowest BCUT2D eigenvalue weighted by Gasteiger charge is -2.32. The molecule has 0 bridgehead atoms. The first-order valence-electron chi connectivity index (χ1n) is 17.6. The first-order valence-corrected chi connectivity index (χ1v) is 17.6. The van der Waals surface area contributed by atoms with Crippen LogP contribution in [-0.2, 0) is 11.8 Å². The highest BCUT2D eigenvalue weighted by Crippen LogP contribution is 2.65. The van der Waals surface area contributed by atoms with Gasteiger partial charge in [-0.3, -0.25) is 4.57 Å². The van der Waals surface area contributed by atoms with Crippen molar-refractivity contribution in [3.63, 3.8) is 0 Å². The van der Waals surface area contributed by atoms with Crippen LogP contribution in [0.4, 0.5) is 0 Å². The molecule has 8 aromatic carbocycles. The van der Waals surface area contributed by atoms with Gasteiger partial charge in [0.15, 0.2) is 0 Å². The Morgan fingerprint density at radius 3 is 1.84 bits per heavy atom. The van der Waals surface area contributed by atoms with Gasteiger partial charge in [0.1, 0.15) is 5.82 Å². The molecule has 0 saturated heterocycles. The lowest BCUT2D eigenvalue weighted by molar-refractivity contribution is 0.809. The van der Waals surface area contributed by atoms with Gasteiger partial charge in [0.05, 0.1) is 16.4 Å². The Kier molecular flexibility index (Phi) is 5.61. The van der Waals surface area contributed by atoms with Crippen molar-refractivity contribution in [1.82, 2.24) is 9.55 Å². The first-order chi connectivity index (χ1) is 24.8. The van der Waals surface area contributed by atoms with Gasteiger partial charge in [0.25, 0.3) is 0 Å². The Morgan fingerprint density at radius 1 is 0.500 bits per heavy atom. The Bertz CT molecular complexity index is 2810. The predicted octanol–water partition coefficient (Wildman–Crippen LogP) is 11.9. The summed E-state index contributed by atoms with van der Waals surface area (Å²) >= 11 is 0. The van der Waals surface area contributed by atoms with E-state index in [0.717, 1.165) is 29.0 Å². The maximum Gasteiger partial charge on any atom is 0.114 e. The molecule has 2 aliphatic rings. The normalized spacial score (nSPS) is 13.5. The van der Waals surface area contributed by atoms with E-state index < -0.39 is 5.41 Å². The number of fused-ring (bicyclic) bond motifs is 15. The predicted molar refractivity (Wildman–Crippen MR) is 207 cm³/mol. The molecule has 2 nitrogen and oxygen atoms in total. The van der Waals surface area contributed by atoms with Crippen LogP contribution in [0, 0.1) is 0 Å². The van der Waals surface area contributed by atoms with Crippen LogP contribution >= 0.6 is 0 Å². The highest BCUT2D eigenvalue weighted by molar-refractivity contribution is 6.09. The van der Waals surface area contributed by atoms with Crippen molar-refractivity contribution >= 4 is 32.6 Å². The van der Waals surface area contributed by atoms with E-state index in [4.69, 9.17) is 4.98 Å². The molecule has 0 amide bonds. The number of hydrogen-bond acceptors (Lipinski definition) is 1. The number of hydrogen-bond donors (Lipinski definition) is 0. The van der Waals surface area contributed by atoms with Gasteiger partial charge < -0.3 is 0 Å². The molecule has 2 heteroatoms. The molecule has 0 aliphatic heterocycles. The minimum atomic E-state index is -0.411. The van der Waals surface area contributed by atoms with E-state index in [1.54, 1.807) is 0 Å². The van der Waals surface area contributed by atoms with Crippen molar-refractivity contribution < 1.29 is 0 Å². The van der Waals surface area contributed by atoms with Crippen LogP contribution in [0.3, 0.4) is 0 Å². The quantitative estimate of drug-likeness (QED) is 0.189. The largest absolute Gasteiger partial charge is 0.296 e. The second kappa shape index (κ2) is 10.1. The van der Waals surface area contributed by atoms with Gasteiger partial charge in [-0.15, -0.1) is 0 Å². The zero-order valence-electron chi connectivity index (χ0n) is 27.7. The van der Waals surface area contributed by atoms with Crippen LogP contribution in [0.5, 0.6) is 0 Å². The van der Waals surface area contributed by atoms with Gasteiger partial charge in [-0.1, -0.05) is 140 Å². The van der Waals surface area contributed by atoms with Gasteiger partial charge in [-0.05, 0) is 108 Å². The minimum absolute atomic E-state index is 0.411. The summed E-state index contributed by atoms with van der Waals surface area (Å²) in [5.41, 5.74) is 16.3. The molecule has 1 spiro atoms. The second-order valence-electron chi connectivity index (χ2n) is 13.7. The van der Waals surface area contributed by atoms with Gasteiger partial charge in [-0.2, -0.15) is 0 Å². The highest BCUT2D eigenvalue weighted by atomic mass is 15.1. The summed E-state index contributed by atoms with van der Waals surface area (Å²) in [6.45, 7) is 2.17. The second-order valence-corrected chi connectivity index (χ2v) is 13.7. The highest BCUT2D eigenvalue weighted by Gasteiger charge is 2.53. The summed E-state index contributed by atoms with van der Waals surface area (Å²) < 4.78 is 2.29. The van der Waals surface area contributed by atoms with Gasteiger partial charge >= 0.3 is 0 Å². The SMILES string of the molecule is CCc1nc2ccccc2n1-c1ccc(-c2ccc3c4c(ccc3c2)-c2ccc3ccccc3c2C42c3ccccc3-c3ccccc32)cc1. The van der Waals surface area contributed by atoms with Crippen molar-refractivity contribution in [2.45, 2.75) is 18.8 Å². The lowest BCUT2D eigenvalue weighted by Crippen LogP contribution is -2.26. The third kappa shape index (κ3) is 3.50. The Hall–Kier alpha value is -6.25. The van der Waals surface area contributed by atoms with Crippen LogP contribution in [0.15, 0.2) is 164 Å². The molecule has 234 valence electrons. The maximum atomic E-state index is 4.90. The minimum Gasteiger partial charge on any atom is -0.296 e. The topological polar surface area (TPSA) is 17.8 Å². The molecule has 50 heavy (non-hydrogen) atoms. The van der Waals surface area contributed by atoms with Gasteiger partial charge in [0, 0.05) is 12.1 Å². The van der Waals surface area contributed by atoms with Crippen molar-refractivity contribution in [3.05, 3.63) is 192 Å². The Balaban J connectivity index is 1.13. The molecule has 0 fully saturated rings. The summed E-state index contributed by atoms with van der Waals surface area (Å²) in [6, 6.07) is 61.0. The third-order valence-corrected chi connectivity index (χ3v) is 11.3.